The second-order valence-corrected chi connectivity index (χ2v) is 4.85. The van der Waals surface area contributed by atoms with Crippen molar-refractivity contribution in [2.24, 2.45) is 4.99 Å². The van der Waals surface area contributed by atoms with Crippen LogP contribution in [0.2, 0.25) is 0 Å². The van der Waals surface area contributed by atoms with Crippen molar-refractivity contribution in [1.29, 1.82) is 0 Å². The highest BCUT2D eigenvalue weighted by Gasteiger charge is 2.03. The first-order valence-electron chi connectivity index (χ1n) is 6.75. The molecule has 0 saturated carbocycles. The van der Waals surface area contributed by atoms with E-state index in [4.69, 9.17) is 0 Å². The van der Waals surface area contributed by atoms with Crippen LogP contribution >= 0.6 is 0 Å². The summed E-state index contributed by atoms with van der Waals surface area (Å²) in [6, 6.07) is 10.4. The third kappa shape index (κ3) is 3.85. The first-order chi connectivity index (χ1) is 9.69. The number of para-hydroxylation sites is 1. The summed E-state index contributed by atoms with van der Waals surface area (Å²) in [5, 5.41) is 10.9. The van der Waals surface area contributed by atoms with E-state index >= 15 is 0 Å². The predicted molar refractivity (Wildman–Crippen MR) is 82.0 cm³/mol. The van der Waals surface area contributed by atoms with Gasteiger partial charge in [0.15, 0.2) is 5.96 Å². The molecule has 0 radical (unpaired) electrons. The molecular formula is C15H21N5. The van der Waals surface area contributed by atoms with Gasteiger partial charge in [-0.2, -0.15) is 5.10 Å². The minimum absolute atomic E-state index is 0.355. The maximum atomic E-state index is 4.37. The summed E-state index contributed by atoms with van der Waals surface area (Å²) in [6.45, 7) is 4.86. The summed E-state index contributed by atoms with van der Waals surface area (Å²) in [6.07, 6.45) is 3.88. The monoisotopic (exact) mass is 271 g/mol. The second-order valence-electron chi connectivity index (χ2n) is 4.85. The van der Waals surface area contributed by atoms with Gasteiger partial charge in [-0.05, 0) is 26.0 Å². The van der Waals surface area contributed by atoms with Crippen LogP contribution in [-0.2, 0) is 6.54 Å². The maximum Gasteiger partial charge on any atom is 0.191 e. The van der Waals surface area contributed by atoms with E-state index in [9.17, 15) is 0 Å². The molecule has 0 aliphatic carbocycles. The lowest BCUT2D eigenvalue weighted by Gasteiger charge is -2.13. The van der Waals surface area contributed by atoms with Crippen molar-refractivity contribution in [1.82, 2.24) is 20.4 Å². The van der Waals surface area contributed by atoms with E-state index in [1.54, 1.807) is 7.05 Å². The molecular weight excluding hydrogens is 250 g/mol. The molecule has 106 valence electrons. The number of benzene rings is 1. The minimum Gasteiger partial charge on any atom is -0.354 e. The van der Waals surface area contributed by atoms with Gasteiger partial charge in [0.25, 0.3) is 0 Å². The van der Waals surface area contributed by atoms with E-state index in [1.165, 1.54) is 0 Å². The molecule has 1 aromatic heterocycles. The lowest BCUT2D eigenvalue weighted by atomic mass is 10.3. The Balaban J connectivity index is 1.97. The van der Waals surface area contributed by atoms with Crippen molar-refractivity contribution in [3.63, 3.8) is 0 Å². The first-order valence-corrected chi connectivity index (χ1v) is 6.75. The van der Waals surface area contributed by atoms with Gasteiger partial charge in [-0.1, -0.05) is 18.2 Å². The Labute approximate surface area is 119 Å². The summed E-state index contributed by atoms with van der Waals surface area (Å²) in [7, 11) is 1.77. The van der Waals surface area contributed by atoms with Crippen LogP contribution in [0, 0.1) is 0 Å². The summed E-state index contributed by atoms with van der Waals surface area (Å²) >= 11 is 0. The third-order valence-electron chi connectivity index (χ3n) is 2.77. The van der Waals surface area contributed by atoms with Crippen molar-refractivity contribution in [2.45, 2.75) is 26.4 Å². The van der Waals surface area contributed by atoms with Gasteiger partial charge in [0, 0.05) is 31.4 Å². The highest BCUT2D eigenvalue weighted by atomic mass is 15.3. The molecule has 1 heterocycles. The Morgan fingerprint density at radius 3 is 2.70 bits per heavy atom. The van der Waals surface area contributed by atoms with E-state index in [1.807, 2.05) is 47.4 Å². The lowest BCUT2D eigenvalue weighted by Crippen LogP contribution is -2.40. The number of aromatic nitrogens is 2. The summed E-state index contributed by atoms with van der Waals surface area (Å²) in [4.78, 5) is 4.18. The minimum atomic E-state index is 0.355. The molecule has 0 amide bonds. The molecule has 1 aromatic carbocycles. The standard InChI is InChI=1S/C15H21N5/c1-12(2)19-15(16-3)17-9-13-10-18-20(11-13)14-7-5-4-6-8-14/h4-8,10-12H,9H2,1-3H3,(H2,16,17,19). The Hall–Kier alpha value is -2.30. The number of aliphatic imine (C=N–C) groups is 1. The van der Waals surface area contributed by atoms with Gasteiger partial charge < -0.3 is 10.6 Å². The lowest BCUT2D eigenvalue weighted by molar-refractivity contribution is 0.699. The van der Waals surface area contributed by atoms with Crippen molar-refractivity contribution in [3.8, 4) is 5.69 Å². The van der Waals surface area contributed by atoms with Crippen LogP contribution in [0.3, 0.4) is 0 Å². The third-order valence-corrected chi connectivity index (χ3v) is 2.77. The van der Waals surface area contributed by atoms with Gasteiger partial charge in [-0.25, -0.2) is 4.68 Å². The van der Waals surface area contributed by atoms with Gasteiger partial charge in [0.05, 0.1) is 11.9 Å². The zero-order valence-corrected chi connectivity index (χ0v) is 12.2. The van der Waals surface area contributed by atoms with Gasteiger partial charge in [-0.15, -0.1) is 0 Å². The Morgan fingerprint density at radius 2 is 2.05 bits per heavy atom. The molecule has 5 heteroatoms. The van der Waals surface area contributed by atoms with E-state index < -0.39 is 0 Å². The van der Waals surface area contributed by atoms with Gasteiger partial charge in [0.2, 0.25) is 0 Å². The van der Waals surface area contributed by atoms with Crippen LogP contribution in [0.1, 0.15) is 19.4 Å². The molecule has 2 aromatic rings. The van der Waals surface area contributed by atoms with Crippen LogP contribution in [0.5, 0.6) is 0 Å². The molecule has 0 saturated heterocycles. The topological polar surface area (TPSA) is 54.2 Å². The van der Waals surface area contributed by atoms with Crippen molar-refractivity contribution in [3.05, 3.63) is 48.3 Å². The number of nitrogens with one attached hydrogen (secondary N) is 2. The average molecular weight is 271 g/mol. The first kappa shape index (κ1) is 14.1. The molecule has 0 unspecified atom stereocenters. The van der Waals surface area contributed by atoms with Gasteiger partial charge in [0.1, 0.15) is 0 Å². The quantitative estimate of drug-likeness (QED) is 0.660. The van der Waals surface area contributed by atoms with Crippen molar-refractivity contribution in [2.75, 3.05) is 7.05 Å². The number of nitrogens with zero attached hydrogens (tertiary/aromatic N) is 3. The zero-order valence-electron chi connectivity index (χ0n) is 12.2. The Kier molecular flexibility index (Phi) is 4.76. The highest BCUT2D eigenvalue weighted by molar-refractivity contribution is 5.79. The van der Waals surface area contributed by atoms with Crippen molar-refractivity contribution >= 4 is 5.96 Å². The Morgan fingerprint density at radius 1 is 1.30 bits per heavy atom. The second kappa shape index (κ2) is 6.75. The normalized spacial score (nSPS) is 11.7. The van der Waals surface area contributed by atoms with E-state index in [2.05, 4.69) is 34.6 Å². The molecule has 0 atom stereocenters. The SMILES string of the molecule is CN=C(NCc1cnn(-c2ccccc2)c1)NC(C)C. The van der Waals surface area contributed by atoms with E-state index in [0.717, 1.165) is 17.2 Å². The zero-order chi connectivity index (χ0) is 14.4. The van der Waals surface area contributed by atoms with Crippen LogP contribution in [0.15, 0.2) is 47.7 Å². The molecule has 0 bridgehead atoms. The summed E-state index contributed by atoms with van der Waals surface area (Å²) in [5.41, 5.74) is 2.17. The molecule has 2 rings (SSSR count). The van der Waals surface area contributed by atoms with Crippen LogP contribution < -0.4 is 10.6 Å². The number of rotatable bonds is 4. The van der Waals surface area contributed by atoms with Crippen LogP contribution in [0.4, 0.5) is 0 Å². The molecule has 20 heavy (non-hydrogen) atoms. The molecule has 0 aliphatic rings. The maximum absolute atomic E-state index is 4.37. The number of guanidine groups is 1. The number of hydrogen-bond acceptors (Lipinski definition) is 2. The van der Waals surface area contributed by atoms with Crippen LogP contribution in [0.25, 0.3) is 5.69 Å². The van der Waals surface area contributed by atoms with Gasteiger partial charge >= 0.3 is 0 Å². The Bertz CT molecular complexity index is 557. The molecule has 5 nitrogen and oxygen atoms in total. The van der Waals surface area contributed by atoms with Gasteiger partial charge in [-0.3, -0.25) is 4.99 Å². The van der Waals surface area contributed by atoms with Crippen molar-refractivity contribution < 1.29 is 0 Å². The van der Waals surface area contributed by atoms with E-state index in [-0.39, 0.29) is 0 Å². The fourth-order valence-corrected chi connectivity index (χ4v) is 1.83. The molecule has 0 fully saturated rings. The smallest absolute Gasteiger partial charge is 0.191 e. The highest BCUT2D eigenvalue weighted by Crippen LogP contribution is 2.07. The summed E-state index contributed by atoms with van der Waals surface area (Å²) in [5.74, 6) is 0.799. The molecule has 2 N–H and O–H groups in total. The molecule has 0 spiro atoms. The average Bonchev–Trinajstić information content (AvgIpc) is 2.93. The molecule has 0 aliphatic heterocycles. The predicted octanol–water partition coefficient (Wildman–Crippen LogP) is 1.95. The summed E-state index contributed by atoms with van der Waals surface area (Å²) < 4.78 is 1.87. The largest absolute Gasteiger partial charge is 0.354 e. The fraction of sp³-hybridized carbons (Fsp3) is 0.333. The van der Waals surface area contributed by atoms with E-state index in [0.29, 0.717) is 12.6 Å². The number of hydrogen-bond donors (Lipinski definition) is 2. The van der Waals surface area contributed by atoms with Crippen LogP contribution in [-0.4, -0.2) is 28.8 Å². The fourth-order valence-electron chi connectivity index (χ4n) is 1.83.